The molecule has 10 heteroatoms. The van der Waals surface area contributed by atoms with E-state index in [0.717, 1.165) is 9.37 Å². The van der Waals surface area contributed by atoms with Crippen molar-refractivity contribution >= 4 is 56.6 Å². The molecule has 0 unspecified atom stereocenters. The summed E-state index contributed by atoms with van der Waals surface area (Å²) in [4.78, 5) is 53.3. The van der Waals surface area contributed by atoms with Gasteiger partial charge in [-0.3, -0.25) is 29.4 Å². The van der Waals surface area contributed by atoms with Crippen LogP contribution in [0.25, 0.3) is 0 Å². The summed E-state index contributed by atoms with van der Waals surface area (Å²) in [6.45, 7) is 1.78. The Morgan fingerprint density at radius 2 is 1.65 bits per heavy atom. The maximum atomic E-state index is 13.5. The van der Waals surface area contributed by atoms with Crippen LogP contribution in [-0.2, 0) is 4.79 Å². The molecule has 1 fully saturated rings. The quantitative estimate of drug-likeness (QED) is 0.199. The van der Waals surface area contributed by atoms with Crippen LogP contribution in [0.1, 0.15) is 37.9 Å². The maximum absolute atomic E-state index is 13.5. The third-order valence-electron chi connectivity index (χ3n) is 6.16. The van der Waals surface area contributed by atoms with Gasteiger partial charge >= 0.3 is 0 Å². The monoisotopic (exact) mass is 539 g/mol. The minimum absolute atomic E-state index is 0.0858. The lowest BCUT2D eigenvalue weighted by atomic mass is 9.86. The summed E-state index contributed by atoms with van der Waals surface area (Å²) in [5.41, 5.74) is 1.07. The lowest BCUT2D eigenvalue weighted by Crippen LogP contribution is -2.67. The first kappa shape index (κ1) is 22.2. The number of carbonyl (C=O) groups is 3. The van der Waals surface area contributed by atoms with Gasteiger partial charge in [-0.25, -0.2) is 0 Å². The van der Waals surface area contributed by atoms with Crippen LogP contribution in [0.5, 0.6) is 0 Å². The zero-order valence-electron chi connectivity index (χ0n) is 17.6. The van der Waals surface area contributed by atoms with Crippen molar-refractivity contribution in [3.8, 4) is 0 Å². The Labute approximate surface area is 207 Å². The van der Waals surface area contributed by atoms with Crippen molar-refractivity contribution in [3.05, 3.63) is 103 Å². The largest absolute Gasteiger partial charge is 0.300 e. The minimum Gasteiger partial charge on any atom is -0.300 e. The number of carbonyl (C=O) groups excluding carboxylic acids is 3. The summed E-state index contributed by atoms with van der Waals surface area (Å²) in [6.07, 6.45) is 0. The summed E-state index contributed by atoms with van der Waals surface area (Å²) < 4.78 is 0.754. The van der Waals surface area contributed by atoms with Crippen molar-refractivity contribution in [1.82, 2.24) is 4.90 Å². The normalized spacial score (nSPS) is 19.3. The summed E-state index contributed by atoms with van der Waals surface area (Å²) in [7, 11) is 0. The maximum Gasteiger partial charge on any atom is 0.282 e. The summed E-state index contributed by atoms with van der Waals surface area (Å²) in [5.74, 6) is -2.06. The van der Waals surface area contributed by atoms with E-state index >= 15 is 0 Å². The van der Waals surface area contributed by atoms with Gasteiger partial charge in [-0.2, -0.15) is 0 Å². The number of benzene rings is 3. The highest BCUT2D eigenvalue weighted by Crippen LogP contribution is 2.46. The molecule has 2 atom stereocenters. The summed E-state index contributed by atoms with van der Waals surface area (Å²) in [5, 5.41) is 12.0. The zero-order chi connectivity index (χ0) is 24.3. The molecule has 2 aliphatic heterocycles. The van der Waals surface area contributed by atoms with Crippen molar-refractivity contribution in [2.24, 2.45) is 0 Å². The molecule has 0 bridgehead atoms. The Bertz CT molecular complexity index is 1430. The number of hydrogen-bond acceptors (Lipinski definition) is 5. The second kappa shape index (κ2) is 8.03. The molecule has 3 amide bonds. The fourth-order valence-corrected chi connectivity index (χ4v) is 5.15. The molecule has 0 spiro atoms. The van der Waals surface area contributed by atoms with Crippen molar-refractivity contribution in [1.29, 1.82) is 0 Å². The number of hydrogen-bond donors (Lipinski definition) is 0. The van der Waals surface area contributed by atoms with Crippen molar-refractivity contribution in [2.45, 2.75) is 19.0 Å². The van der Waals surface area contributed by atoms with E-state index in [1.54, 1.807) is 43.3 Å². The van der Waals surface area contributed by atoms with Gasteiger partial charge in [-0.15, -0.1) is 0 Å². The molecule has 170 valence electrons. The number of nitrogens with zero attached hydrogens (tertiary/aromatic N) is 3. The Hall–Kier alpha value is -3.56. The predicted molar refractivity (Wildman–Crippen MR) is 128 cm³/mol. The fraction of sp³-hybridized carbons (Fsp3) is 0.125. The zero-order valence-corrected chi connectivity index (χ0v) is 19.9. The molecule has 3 aromatic rings. The Morgan fingerprint density at radius 3 is 2.35 bits per heavy atom. The third-order valence-corrected chi connectivity index (χ3v) is 7.06. The highest BCUT2D eigenvalue weighted by Gasteiger charge is 2.58. The van der Waals surface area contributed by atoms with E-state index in [1.807, 2.05) is 6.07 Å². The molecule has 0 saturated carbocycles. The van der Waals surface area contributed by atoms with Gasteiger partial charge in [0.25, 0.3) is 23.4 Å². The number of nitro benzene ring substituents is 1. The third kappa shape index (κ3) is 3.15. The van der Waals surface area contributed by atoms with Crippen LogP contribution in [0.4, 0.5) is 11.4 Å². The number of amides is 3. The number of rotatable bonds is 4. The standard InChI is InChI=1S/C24H15BrClN3O5/c1-12-16(26)8-4-9-17(12)27-20(13-5-2-6-14(25)11-13)21(24(27)32)28-22(30)15-7-3-10-18(29(33)34)19(15)23(28)31/h2-11,20-21H,1H3/t20-,21+/m1/s1. The van der Waals surface area contributed by atoms with Gasteiger partial charge < -0.3 is 4.90 Å². The lowest BCUT2D eigenvalue weighted by molar-refractivity contribution is -0.385. The molecule has 5 rings (SSSR count). The van der Waals surface area contributed by atoms with E-state index < -0.39 is 40.4 Å². The SMILES string of the molecule is Cc1c(Cl)cccc1N1C(=O)[C@@H](N2C(=O)c3cccc([N+](=O)[O-])c3C2=O)[C@H]1c1cccc(Br)c1. The first-order valence-corrected chi connectivity index (χ1v) is 11.4. The van der Waals surface area contributed by atoms with Gasteiger partial charge in [0.15, 0.2) is 0 Å². The first-order valence-electron chi connectivity index (χ1n) is 10.2. The van der Waals surface area contributed by atoms with Crippen LogP contribution in [0, 0.1) is 17.0 Å². The van der Waals surface area contributed by atoms with Gasteiger partial charge in [0.2, 0.25) is 0 Å². The van der Waals surface area contributed by atoms with Crippen LogP contribution in [0.3, 0.4) is 0 Å². The first-order chi connectivity index (χ1) is 16.2. The number of nitro groups is 1. The van der Waals surface area contributed by atoms with Gasteiger partial charge in [0.1, 0.15) is 11.6 Å². The molecule has 34 heavy (non-hydrogen) atoms. The Morgan fingerprint density at radius 1 is 0.941 bits per heavy atom. The smallest absolute Gasteiger partial charge is 0.282 e. The number of halogens is 2. The second-order valence-corrected chi connectivity index (χ2v) is 9.30. The molecular weight excluding hydrogens is 526 g/mol. The topological polar surface area (TPSA) is 101 Å². The Kier molecular flexibility index (Phi) is 5.26. The molecule has 1 saturated heterocycles. The molecular formula is C24H15BrClN3O5. The number of anilines is 1. The van der Waals surface area contributed by atoms with Crippen molar-refractivity contribution in [2.75, 3.05) is 4.90 Å². The molecule has 0 aliphatic carbocycles. The minimum atomic E-state index is -1.17. The van der Waals surface area contributed by atoms with Gasteiger partial charge in [-0.05, 0) is 48.4 Å². The van der Waals surface area contributed by atoms with Crippen LogP contribution in [0.2, 0.25) is 5.02 Å². The van der Waals surface area contributed by atoms with E-state index in [-0.39, 0.29) is 11.1 Å². The molecule has 2 heterocycles. The van der Waals surface area contributed by atoms with Crippen molar-refractivity contribution in [3.63, 3.8) is 0 Å². The molecule has 0 radical (unpaired) electrons. The second-order valence-electron chi connectivity index (χ2n) is 7.97. The average molecular weight is 541 g/mol. The summed E-state index contributed by atoms with van der Waals surface area (Å²) >= 11 is 9.73. The van der Waals surface area contributed by atoms with Crippen LogP contribution in [-0.4, -0.2) is 33.6 Å². The summed E-state index contributed by atoms with van der Waals surface area (Å²) in [6, 6.07) is 14.4. The number of β-lactam (4-membered cyclic amide) rings is 1. The fourth-order valence-electron chi connectivity index (χ4n) is 4.56. The van der Waals surface area contributed by atoms with Gasteiger partial charge in [0, 0.05) is 21.2 Å². The van der Waals surface area contributed by atoms with E-state index in [0.29, 0.717) is 21.8 Å². The van der Waals surface area contributed by atoms with Gasteiger partial charge in [0.05, 0.1) is 16.5 Å². The number of fused-ring (bicyclic) bond motifs is 1. The predicted octanol–water partition coefficient (Wildman–Crippen LogP) is 5.07. The molecule has 2 aliphatic rings. The molecule has 3 aromatic carbocycles. The van der Waals surface area contributed by atoms with Crippen LogP contribution < -0.4 is 4.90 Å². The van der Waals surface area contributed by atoms with E-state index in [9.17, 15) is 24.5 Å². The average Bonchev–Trinajstić information content (AvgIpc) is 3.05. The number of imide groups is 1. The van der Waals surface area contributed by atoms with Crippen LogP contribution >= 0.6 is 27.5 Å². The van der Waals surface area contributed by atoms with E-state index in [4.69, 9.17) is 11.6 Å². The van der Waals surface area contributed by atoms with E-state index in [1.165, 1.54) is 23.1 Å². The molecule has 0 N–H and O–H groups in total. The van der Waals surface area contributed by atoms with Crippen LogP contribution in [0.15, 0.2) is 65.1 Å². The lowest BCUT2D eigenvalue weighted by Gasteiger charge is -2.50. The highest BCUT2D eigenvalue weighted by molar-refractivity contribution is 9.10. The molecule has 8 nitrogen and oxygen atoms in total. The Balaban J connectivity index is 1.64. The molecule has 0 aromatic heterocycles. The highest BCUT2D eigenvalue weighted by atomic mass is 79.9. The van der Waals surface area contributed by atoms with E-state index in [2.05, 4.69) is 15.9 Å². The van der Waals surface area contributed by atoms with Gasteiger partial charge in [-0.1, -0.05) is 51.8 Å². The van der Waals surface area contributed by atoms with Crippen molar-refractivity contribution < 1.29 is 19.3 Å².